The number of alkyl halides is 2. The van der Waals surface area contributed by atoms with Crippen molar-refractivity contribution in [3.05, 3.63) is 29.8 Å². The van der Waals surface area contributed by atoms with E-state index in [9.17, 15) is 23.8 Å². The molecule has 1 heterocycles. The van der Waals surface area contributed by atoms with E-state index in [0.29, 0.717) is 0 Å². The second-order valence-corrected chi connectivity index (χ2v) is 4.22. The molecule has 104 valence electrons. The molecule has 0 aromatic heterocycles. The predicted molar refractivity (Wildman–Crippen MR) is 61.0 cm³/mol. The smallest absolute Gasteiger partial charge is 0.387 e. The Hall–Kier alpha value is -1.73. The summed E-state index contributed by atoms with van der Waals surface area (Å²) >= 11 is 0. The summed E-state index contributed by atoms with van der Waals surface area (Å²) in [6.07, 6.45) is -2.04. The highest BCUT2D eigenvalue weighted by Crippen LogP contribution is 2.23. The maximum absolute atomic E-state index is 12.2. The van der Waals surface area contributed by atoms with Crippen LogP contribution in [-0.4, -0.2) is 52.9 Å². The number of hydrogen-bond donors (Lipinski definition) is 2. The molecule has 2 N–H and O–H groups in total. The lowest BCUT2D eigenvalue weighted by atomic mass is 10.2. The van der Waals surface area contributed by atoms with Crippen LogP contribution in [0.2, 0.25) is 0 Å². The molecule has 2 rings (SSSR count). The van der Waals surface area contributed by atoms with E-state index in [2.05, 4.69) is 4.74 Å². The van der Waals surface area contributed by atoms with E-state index in [0.717, 1.165) is 0 Å². The van der Waals surface area contributed by atoms with Gasteiger partial charge in [-0.3, -0.25) is 4.79 Å². The zero-order chi connectivity index (χ0) is 14.0. The SMILES string of the molecule is O=C(c1ccccc1OC(F)F)N1CC(O)C(O)C1. The van der Waals surface area contributed by atoms with Gasteiger partial charge in [-0.2, -0.15) is 8.78 Å². The third-order valence-electron chi connectivity index (χ3n) is 2.88. The summed E-state index contributed by atoms with van der Waals surface area (Å²) in [5, 5.41) is 18.8. The average molecular weight is 273 g/mol. The molecular formula is C12H13F2NO4. The van der Waals surface area contributed by atoms with Gasteiger partial charge in [-0.15, -0.1) is 0 Å². The standard InChI is InChI=1S/C12H13F2NO4/c13-12(14)19-10-4-2-1-3-7(10)11(18)15-5-8(16)9(17)6-15/h1-4,8-9,12,16-17H,5-6H2. The summed E-state index contributed by atoms with van der Waals surface area (Å²) in [7, 11) is 0. The molecule has 0 saturated carbocycles. The number of para-hydroxylation sites is 1. The molecule has 5 nitrogen and oxygen atoms in total. The summed E-state index contributed by atoms with van der Waals surface area (Å²) < 4.78 is 28.8. The van der Waals surface area contributed by atoms with E-state index in [1.54, 1.807) is 0 Å². The minimum Gasteiger partial charge on any atom is -0.434 e. The molecule has 2 unspecified atom stereocenters. The van der Waals surface area contributed by atoms with Crippen LogP contribution in [0.4, 0.5) is 8.78 Å². The number of rotatable bonds is 3. The van der Waals surface area contributed by atoms with Gasteiger partial charge < -0.3 is 19.8 Å². The molecule has 1 amide bonds. The number of carbonyl (C=O) groups excluding carboxylic acids is 1. The summed E-state index contributed by atoms with van der Waals surface area (Å²) in [6.45, 7) is -3.10. The summed E-state index contributed by atoms with van der Waals surface area (Å²) in [5.41, 5.74) is -0.0240. The first kappa shape index (κ1) is 13.7. The minimum atomic E-state index is -3.02. The van der Waals surface area contributed by atoms with Crippen LogP contribution in [0.15, 0.2) is 24.3 Å². The van der Waals surface area contributed by atoms with E-state index in [1.807, 2.05) is 0 Å². The molecular weight excluding hydrogens is 260 g/mol. The highest BCUT2D eigenvalue weighted by atomic mass is 19.3. The normalized spacial score (nSPS) is 22.9. The number of nitrogens with zero attached hydrogens (tertiary/aromatic N) is 1. The summed E-state index contributed by atoms with van der Waals surface area (Å²) in [6, 6.07) is 5.62. The fourth-order valence-electron chi connectivity index (χ4n) is 1.95. The number of halogens is 2. The van der Waals surface area contributed by atoms with Crippen molar-refractivity contribution in [3.63, 3.8) is 0 Å². The lowest BCUT2D eigenvalue weighted by molar-refractivity contribution is -0.0502. The molecule has 7 heteroatoms. The number of aliphatic hydroxyl groups excluding tert-OH is 2. The van der Waals surface area contributed by atoms with Crippen molar-refractivity contribution < 1.29 is 28.5 Å². The van der Waals surface area contributed by atoms with Crippen LogP contribution in [0, 0.1) is 0 Å². The second-order valence-electron chi connectivity index (χ2n) is 4.22. The van der Waals surface area contributed by atoms with Crippen molar-refractivity contribution in [3.8, 4) is 5.75 Å². The zero-order valence-corrected chi connectivity index (χ0v) is 9.87. The summed E-state index contributed by atoms with van der Waals surface area (Å²) in [4.78, 5) is 13.3. The number of ether oxygens (including phenoxy) is 1. The Bertz CT molecular complexity index is 459. The highest BCUT2D eigenvalue weighted by Gasteiger charge is 2.34. The molecule has 19 heavy (non-hydrogen) atoms. The second kappa shape index (κ2) is 5.50. The van der Waals surface area contributed by atoms with Crippen molar-refractivity contribution in [2.45, 2.75) is 18.8 Å². The lowest BCUT2D eigenvalue weighted by Gasteiger charge is -2.17. The number of hydrogen-bond acceptors (Lipinski definition) is 4. The molecule has 1 saturated heterocycles. The molecule has 1 aliphatic rings. The molecule has 1 aliphatic heterocycles. The first-order chi connectivity index (χ1) is 8.99. The fraction of sp³-hybridized carbons (Fsp3) is 0.417. The van der Waals surface area contributed by atoms with E-state index in [1.165, 1.54) is 29.2 Å². The van der Waals surface area contributed by atoms with Crippen LogP contribution in [-0.2, 0) is 0 Å². The number of carbonyl (C=O) groups is 1. The Kier molecular flexibility index (Phi) is 3.96. The average Bonchev–Trinajstić information content (AvgIpc) is 2.69. The first-order valence-corrected chi connectivity index (χ1v) is 5.68. The van der Waals surface area contributed by atoms with Crippen LogP contribution in [0.5, 0.6) is 5.75 Å². The van der Waals surface area contributed by atoms with Gasteiger partial charge in [0, 0.05) is 13.1 Å². The van der Waals surface area contributed by atoms with Crippen molar-refractivity contribution >= 4 is 5.91 Å². The Morgan fingerprint density at radius 1 is 1.26 bits per heavy atom. The van der Waals surface area contributed by atoms with Gasteiger partial charge in [-0.05, 0) is 12.1 Å². The first-order valence-electron chi connectivity index (χ1n) is 5.68. The number of β-amino-alcohol motifs (C(OH)–C–C–N with tert-alkyl or cyclic N) is 2. The maximum atomic E-state index is 12.2. The van der Waals surface area contributed by atoms with Crippen LogP contribution in [0.3, 0.4) is 0 Å². The molecule has 1 aromatic rings. The third kappa shape index (κ3) is 2.99. The quantitative estimate of drug-likeness (QED) is 0.839. The zero-order valence-electron chi connectivity index (χ0n) is 9.87. The fourth-order valence-corrected chi connectivity index (χ4v) is 1.95. The lowest BCUT2D eigenvalue weighted by Crippen LogP contribution is -2.30. The van der Waals surface area contributed by atoms with E-state index < -0.39 is 24.7 Å². The van der Waals surface area contributed by atoms with E-state index >= 15 is 0 Å². The van der Waals surface area contributed by atoms with Crippen molar-refractivity contribution in [1.29, 1.82) is 0 Å². The van der Waals surface area contributed by atoms with E-state index in [-0.39, 0.29) is 24.4 Å². The van der Waals surface area contributed by atoms with Gasteiger partial charge in [0.25, 0.3) is 5.91 Å². The number of likely N-dealkylation sites (tertiary alicyclic amines) is 1. The van der Waals surface area contributed by atoms with Crippen molar-refractivity contribution in [2.75, 3.05) is 13.1 Å². The Balaban J connectivity index is 2.19. The summed E-state index contributed by atoms with van der Waals surface area (Å²) in [5.74, 6) is -0.787. The van der Waals surface area contributed by atoms with Crippen molar-refractivity contribution in [1.82, 2.24) is 4.90 Å². The highest BCUT2D eigenvalue weighted by molar-refractivity contribution is 5.97. The Morgan fingerprint density at radius 3 is 2.42 bits per heavy atom. The largest absolute Gasteiger partial charge is 0.434 e. The van der Waals surface area contributed by atoms with Gasteiger partial charge in [0.05, 0.1) is 17.8 Å². The van der Waals surface area contributed by atoms with Gasteiger partial charge in [0.15, 0.2) is 0 Å². The van der Waals surface area contributed by atoms with Gasteiger partial charge in [-0.25, -0.2) is 0 Å². The molecule has 1 fully saturated rings. The molecule has 2 atom stereocenters. The molecule has 0 aliphatic carbocycles. The Morgan fingerprint density at radius 2 is 1.84 bits per heavy atom. The van der Waals surface area contributed by atoms with Crippen LogP contribution >= 0.6 is 0 Å². The maximum Gasteiger partial charge on any atom is 0.387 e. The topological polar surface area (TPSA) is 70.0 Å². The number of benzene rings is 1. The Labute approximate surface area is 108 Å². The van der Waals surface area contributed by atoms with Crippen LogP contribution in [0.25, 0.3) is 0 Å². The van der Waals surface area contributed by atoms with Crippen molar-refractivity contribution in [2.24, 2.45) is 0 Å². The van der Waals surface area contributed by atoms with Crippen LogP contribution < -0.4 is 4.74 Å². The van der Waals surface area contributed by atoms with E-state index in [4.69, 9.17) is 0 Å². The predicted octanol–water partition coefficient (Wildman–Crippen LogP) is 0.466. The molecule has 0 radical (unpaired) electrons. The monoisotopic (exact) mass is 273 g/mol. The van der Waals surface area contributed by atoms with Gasteiger partial charge in [0.2, 0.25) is 0 Å². The molecule has 0 bridgehead atoms. The minimum absolute atomic E-state index is 0.0240. The number of amides is 1. The van der Waals surface area contributed by atoms with Gasteiger partial charge in [0.1, 0.15) is 5.75 Å². The molecule has 1 aromatic carbocycles. The van der Waals surface area contributed by atoms with Gasteiger partial charge >= 0.3 is 6.61 Å². The molecule has 0 spiro atoms. The number of aliphatic hydroxyl groups is 2. The van der Waals surface area contributed by atoms with Crippen LogP contribution in [0.1, 0.15) is 10.4 Å². The third-order valence-corrected chi connectivity index (χ3v) is 2.88. The van der Waals surface area contributed by atoms with Gasteiger partial charge in [-0.1, -0.05) is 12.1 Å².